The summed E-state index contributed by atoms with van der Waals surface area (Å²) in [6.45, 7) is 6.49. The summed E-state index contributed by atoms with van der Waals surface area (Å²) in [7, 11) is 0. The molecule has 0 fully saturated rings. The first-order valence-corrected chi connectivity index (χ1v) is 8.28. The second-order valence-electron chi connectivity index (χ2n) is 6.00. The van der Waals surface area contributed by atoms with Gasteiger partial charge in [0, 0.05) is 6.20 Å². The largest absolute Gasteiger partial charge is 0.319 e. The SMILES string of the molecule is CCc1ccc(Cn2nnc(C(=O)Nc3cnccc3C)c2C)cc1. The van der Waals surface area contributed by atoms with Crippen LogP contribution < -0.4 is 5.32 Å². The molecule has 0 aliphatic carbocycles. The summed E-state index contributed by atoms with van der Waals surface area (Å²) < 4.78 is 1.74. The molecular formula is C19H21N5O. The van der Waals surface area contributed by atoms with Gasteiger partial charge in [-0.2, -0.15) is 0 Å². The first-order chi connectivity index (χ1) is 12.1. The minimum Gasteiger partial charge on any atom is -0.319 e. The van der Waals surface area contributed by atoms with E-state index in [1.54, 1.807) is 17.1 Å². The molecule has 1 amide bonds. The molecule has 0 aliphatic rings. The molecule has 0 saturated heterocycles. The fourth-order valence-corrected chi connectivity index (χ4v) is 2.55. The van der Waals surface area contributed by atoms with Gasteiger partial charge in [-0.25, -0.2) is 4.68 Å². The minimum absolute atomic E-state index is 0.277. The number of carbonyl (C=O) groups is 1. The Balaban J connectivity index is 1.76. The number of hydrogen-bond donors (Lipinski definition) is 1. The number of nitrogens with zero attached hydrogens (tertiary/aromatic N) is 4. The lowest BCUT2D eigenvalue weighted by Gasteiger charge is -2.07. The van der Waals surface area contributed by atoms with Crippen molar-refractivity contribution in [2.45, 2.75) is 33.7 Å². The third-order valence-corrected chi connectivity index (χ3v) is 4.25. The van der Waals surface area contributed by atoms with Crippen molar-refractivity contribution in [2.75, 3.05) is 5.32 Å². The lowest BCUT2D eigenvalue weighted by atomic mass is 10.1. The Morgan fingerprint density at radius 1 is 1.12 bits per heavy atom. The van der Waals surface area contributed by atoms with E-state index in [1.807, 2.05) is 19.9 Å². The van der Waals surface area contributed by atoms with Crippen molar-refractivity contribution >= 4 is 11.6 Å². The number of anilines is 1. The zero-order valence-corrected chi connectivity index (χ0v) is 14.7. The van der Waals surface area contributed by atoms with Gasteiger partial charge in [-0.05, 0) is 43.0 Å². The Kier molecular flexibility index (Phi) is 4.88. The Labute approximate surface area is 146 Å². The average molecular weight is 335 g/mol. The van der Waals surface area contributed by atoms with E-state index in [2.05, 4.69) is 51.8 Å². The first kappa shape index (κ1) is 16.8. The lowest BCUT2D eigenvalue weighted by Crippen LogP contribution is -2.15. The van der Waals surface area contributed by atoms with Gasteiger partial charge in [-0.15, -0.1) is 5.10 Å². The highest BCUT2D eigenvalue weighted by Crippen LogP contribution is 2.15. The van der Waals surface area contributed by atoms with Gasteiger partial charge in [0.05, 0.1) is 24.1 Å². The molecular weight excluding hydrogens is 314 g/mol. The summed E-state index contributed by atoms with van der Waals surface area (Å²) in [5.41, 5.74) is 5.11. The van der Waals surface area contributed by atoms with E-state index in [9.17, 15) is 4.79 Å². The van der Waals surface area contributed by atoms with E-state index in [0.717, 1.165) is 23.2 Å². The van der Waals surface area contributed by atoms with Crippen molar-refractivity contribution in [3.05, 3.63) is 70.8 Å². The molecule has 0 atom stereocenters. The van der Waals surface area contributed by atoms with Crippen LogP contribution in [0, 0.1) is 13.8 Å². The minimum atomic E-state index is -0.277. The molecule has 3 rings (SSSR count). The number of rotatable bonds is 5. The summed E-state index contributed by atoms with van der Waals surface area (Å²) in [4.78, 5) is 16.5. The zero-order valence-electron chi connectivity index (χ0n) is 14.7. The van der Waals surface area contributed by atoms with Gasteiger partial charge in [-0.1, -0.05) is 36.4 Å². The van der Waals surface area contributed by atoms with Gasteiger partial charge in [0.25, 0.3) is 5.91 Å². The summed E-state index contributed by atoms with van der Waals surface area (Å²) >= 11 is 0. The fraction of sp³-hybridized carbons (Fsp3) is 0.263. The van der Waals surface area contributed by atoms with Gasteiger partial charge in [0.2, 0.25) is 0 Å². The van der Waals surface area contributed by atoms with Crippen LogP contribution in [0.15, 0.2) is 42.7 Å². The molecule has 0 radical (unpaired) electrons. The maximum absolute atomic E-state index is 12.5. The number of nitrogens with one attached hydrogen (secondary N) is 1. The van der Waals surface area contributed by atoms with Gasteiger partial charge in [-0.3, -0.25) is 9.78 Å². The van der Waals surface area contributed by atoms with Crippen LogP contribution in [0.3, 0.4) is 0 Å². The molecule has 0 aliphatic heterocycles. The van der Waals surface area contributed by atoms with Gasteiger partial charge in [0.15, 0.2) is 5.69 Å². The van der Waals surface area contributed by atoms with Crippen LogP contribution in [0.25, 0.3) is 0 Å². The van der Waals surface area contributed by atoms with Crippen LogP contribution in [-0.4, -0.2) is 25.9 Å². The molecule has 0 spiro atoms. The number of amides is 1. The second-order valence-corrected chi connectivity index (χ2v) is 6.00. The molecule has 25 heavy (non-hydrogen) atoms. The molecule has 6 heteroatoms. The molecule has 1 aromatic carbocycles. The maximum Gasteiger partial charge on any atom is 0.278 e. The molecule has 1 N–H and O–H groups in total. The quantitative estimate of drug-likeness (QED) is 0.777. The topological polar surface area (TPSA) is 72.7 Å². The summed E-state index contributed by atoms with van der Waals surface area (Å²) in [5.74, 6) is -0.277. The van der Waals surface area contributed by atoms with Crippen LogP contribution in [-0.2, 0) is 13.0 Å². The average Bonchev–Trinajstić information content (AvgIpc) is 2.98. The van der Waals surface area contributed by atoms with Crippen molar-refractivity contribution in [3.63, 3.8) is 0 Å². The number of benzene rings is 1. The molecule has 0 saturated carbocycles. The molecule has 6 nitrogen and oxygen atoms in total. The van der Waals surface area contributed by atoms with Crippen molar-refractivity contribution in [1.82, 2.24) is 20.0 Å². The van der Waals surface area contributed by atoms with E-state index >= 15 is 0 Å². The standard InChI is InChI=1S/C19H21N5O/c1-4-15-5-7-16(8-6-15)12-24-14(3)18(22-23-24)19(25)21-17-11-20-10-9-13(17)2/h5-11H,4,12H2,1-3H3,(H,21,25). The second kappa shape index (κ2) is 7.25. The van der Waals surface area contributed by atoms with Crippen LogP contribution >= 0.6 is 0 Å². The molecule has 128 valence electrons. The van der Waals surface area contributed by atoms with Crippen molar-refractivity contribution < 1.29 is 4.79 Å². The van der Waals surface area contributed by atoms with Crippen molar-refractivity contribution in [3.8, 4) is 0 Å². The predicted molar refractivity (Wildman–Crippen MR) is 96.6 cm³/mol. The highest BCUT2D eigenvalue weighted by atomic mass is 16.2. The first-order valence-electron chi connectivity index (χ1n) is 8.28. The monoisotopic (exact) mass is 335 g/mol. The summed E-state index contributed by atoms with van der Waals surface area (Å²) in [6, 6.07) is 10.2. The van der Waals surface area contributed by atoms with E-state index < -0.39 is 0 Å². The van der Waals surface area contributed by atoms with Gasteiger partial charge >= 0.3 is 0 Å². The van der Waals surface area contributed by atoms with E-state index in [1.165, 1.54) is 5.56 Å². The maximum atomic E-state index is 12.5. The number of aryl methyl sites for hydroxylation is 2. The Morgan fingerprint density at radius 2 is 1.84 bits per heavy atom. The van der Waals surface area contributed by atoms with Gasteiger partial charge in [0.1, 0.15) is 0 Å². The Morgan fingerprint density at radius 3 is 2.52 bits per heavy atom. The Hall–Kier alpha value is -3.02. The number of pyridine rings is 1. The summed E-state index contributed by atoms with van der Waals surface area (Å²) in [5, 5.41) is 11.0. The number of aromatic nitrogens is 4. The molecule has 2 heterocycles. The fourth-order valence-electron chi connectivity index (χ4n) is 2.55. The van der Waals surface area contributed by atoms with Crippen LogP contribution in [0.2, 0.25) is 0 Å². The smallest absolute Gasteiger partial charge is 0.278 e. The van der Waals surface area contributed by atoms with E-state index in [4.69, 9.17) is 0 Å². The highest BCUT2D eigenvalue weighted by molar-refractivity contribution is 6.03. The lowest BCUT2D eigenvalue weighted by molar-refractivity contribution is 0.102. The molecule has 3 aromatic rings. The molecule has 2 aromatic heterocycles. The third kappa shape index (κ3) is 3.74. The number of carbonyl (C=O) groups excluding carboxylic acids is 1. The van der Waals surface area contributed by atoms with Crippen LogP contribution in [0.5, 0.6) is 0 Å². The summed E-state index contributed by atoms with van der Waals surface area (Å²) in [6.07, 6.45) is 4.33. The van der Waals surface area contributed by atoms with E-state index in [-0.39, 0.29) is 5.91 Å². The molecule has 0 bridgehead atoms. The normalized spacial score (nSPS) is 10.7. The van der Waals surface area contributed by atoms with Crippen LogP contribution in [0.1, 0.15) is 39.8 Å². The zero-order chi connectivity index (χ0) is 17.8. The highest BCUT2D eigenvalue weighted by Gasteiger charge is 2.17. The van der Waals surface area contributed by atoms with E-state index in [0.29, 0.717) is 17.9 Å². The van der Waals surface area contributed by atoms with Crippen molar-refractivity contribution in [1.29, 1.82) is 0 Å². The molecule has 0 unspecified atom stereocenters. The van der Waals surface area contributed by atoms with Crippen LogP contribution in [0.4, 0.5) is 5.69 Å². The number of hydrogen-bond acceptors (Lipinski definition) is 4. The van der Waals surface area contributed by atoms with Gasteiger partial charge < -0.3 is 5.32 Å². The third-order valence-electron chi connectivity index (χ3n) is 4.25. The Bertz CT molecular complexity index is 883. The predicted octanol–water partition coefficient (Wildman–Crippen LogP) is 3.15. The van der Waals surface area contributed by atoms with Crippen molar-refractivity contribution in [2.24, 2.45) is 0 Å².